The van der Waals surface area contributed by atoms with Crippen LogP contribution in [0.25, 0.3) is 6.08 Å². The highest BCUT2D eigenvalue weighted by Crippen LogP contribution is 2.20. The summed E-state index contributed by atoms with van der Waals surface area (Å²) >= 11 is 0. The third kappa shape index (κ3) is 3.68. The molecule has 0 saturated carbocycles. The number of hydrogen-bond donors (Lipinski definition) is 3. The van der Waals surface area contributed by atoms with Crippen LogP contribution in [0.15, 0.2) is 24.3 Å². The van der Waals surface area contributed by atoms with Crippen LogP contribution in [0.3, 0.4) is 0 Å². The van der Waals surface area contributed by atoms with Crippen LogP contribution < -0.4 is 0 Å². The van der Waals surface area contributed by atoms with Crippen molar-refractivity contribution in [1.29, 1.82) is 0 Å². The summed E-state index contributed by atoms with van der Waals surface area (Å²) in [5.41, 5.74) is 0.679. The van der Waals surface area contributed by atoms with Gasteiger partial charge >= 0.3 is 0 Å². The second-order valence-corrected chi connectivity index (χ2v) is 4.10. The Morgan fingerprint density at radius 1 is 1.33 bits per heavy atom. The van der Waals surface area contributed by atoms with E-state index in [0.717, 1.165) is 6.42 Å². The molecule has 0 aliphatic carbocycles. The number of aliphatic hydroxyl groups is 2. The van der Waals surface area contributed by atoms with Gasteiger partial charge in [0.15, 0.2) is 6.29 Å². The second kappa shape index (κ2) is 6.93. The maximum absolute atomic E-state index is 10.8. The molecule has 0 bridgehead atoms. The van der Waals surface area contributed by atoms with E-state index in [1.807, 2.05) is 6.92 Å². The molecule has 0 fully saturated rings. The van der Waals surface area contributed by atoms with Crippen LogP contribution in [0.4, 0.5) is 0 Å². The third-order valence-corrected chi connectivity index (χ3v) is 2.69. The average Bonchev–Trinajstić information content (AvgIpc) is 2.36. The lowest BCUT2D eigenvalue weighted by molar-refractivity contribution is 0.0432. The zero-order valence-corrected chi connectivity index (χ0v) is 10.3. The maximum atomic E-state index is 10.8. The summed E-state index contributed by atoms with van der Waals surface area (Å²) in [7, 11) is 0. The molecule has 1 aromatic carbocycles. The number of aldehydes is 1. The van der Waals surface area contributed by atoms with Crippen molar-refractivity contribution < 1.29 is 20.1 Å². The van der Waals surface area contributed by atoms with Crippen molar-refractivity contribution in [2.75, 3.05) is 0 Å². The number of phenols is 1. The minimum absolute atomic E-state index is 0.101. The summed E-state index contributed by atoms with van der Waals surface area (Å²) < 4.78 is 0. The zero-order valence-electron chi connectivity index (χ0n) is 10.3. The molecule has 2 unspecified atom stereocenters. The number of aliphatic hydroxyl groups excluding tert-OH is 2. The van der Waals surface area contributed by atoms with E-state index in [-0.39, 0.29) is 11.3 Å². The fraction of sp³-hybridized carbons (Fsp3) is 0.357. The first-order chi connectivity index (χ1) is 8.60. The van der Waals surface area contributed by atoms with Crippen molar-refractivity contribution in [2.24, 2.45) is 0 Å². The van der Waals surface area contributed by atoms with Crippen LogP contribution in [-0.2, 0) is 0 Å². The van der Waals surface area contributed by atoms with Crippen molar-refractivity contribution in [2.45, 2.75) is 32.0 Å². The molecule has 2 atom stereocenters. The largest absolute Gasteiger partial charge is 0.507 e. The normalized spacial score (nSPS) is 14.6. The first kappa shape index (κ1) is 14.4. The van der Waals surface area contributed by atoms with E-state index >= 15 is 0 Å². The van der Waals surface area contributed by atoms with Crippen molar-refractivity contribution in [3.05, 3.63) is 35.4 Å². The van der Waals surface area contributed by atoms with E-state index in [1.165, 1.54) is 18.2 Å². The van der Waals surface area contributed by atoms with Crippen LogP contribution in [0.1, 0.15) is 35.7 Å². The quantitative estimate of drug-likeness (QED) is 0.672. The minimum Gasteiger partial charge on any atom is -0.507 e. The van der Waals surface area contributed by atoms with E-state index in [4.69, 9.17) is 0 Å². The number of aromatic hydroxyl groups is 1. The first-order valence-electron chi connectivity index (χ1n) is 5.91. The first-order valence-corrected chi connectivity index (χ1v) is 5.91. The molecule has 0 aromatic heterocycles. The smallest absolute Gasteiger partial charge is 0.154 e. The van der Waals surface area contributed by atoms with E-state index in [1.54, 1.807) is 12.1 Å². The Hall–Kier alpha value is -1.65. The van der Waals surface area contributed by atoms with Crippen molar-refractivity contribution >= 4 is 12.4 Å². The summed E-state index contributed by atoms with van der Waals surface area (Å²) in [4.78, 5) is 10.8. The Bertz CT molecular complexity index is 426. The molecule has 0 aliphatic rings. The molecule has 0 radical (unpaired) electrons. The Morgan fingerprint density at radius 3 is 2.67 bits per heavy atom. The van der Waals surface area contributed by atoms with Gasteiger partial charge in [0.2, 0.25) is 0 Å². The van der Waals surface area contributed by atoms with Crippen molar-refractivity contribution in [3.8, 4) is 5.75 Å². The van der Waals surface area contributed by atoms with E-state index in [2.05, 4.69) is 0 Å². The van der Waals surface area contributed by atoms with Crippen molar-refractivity contribution in [3.63, 3.8) is 0 Å². The van der Waals surface area contributed by atoms with Crippen LogP contribution in [0.2, 0.25) is 0 Å². The number of benzene rings is 1. The Kier molecular flexibility index (Phi) is 5.55. The van der Waals surface area contributed by atoms with Gasteiger partial charge < -0.3 is 15.3 Å². The Morgan fingerprint density at radius 2 is 2.06 bits per heavy atom. The van der Waals surface area contributed by atoms with Crippen LogP contribution in [0.5, 0.6) is 5.75 Å². The molecule has 98 valence electrons. The van der Waals surface area contributed by atoms with Gasteiger partial charge in [-0.25, -0.2) is 0 Å². The fourth-order valence-electron chi connectivity index (χ4n) is 1.64. The lowest BCUT2D eigenvalue weighted by Gasteiger charge is -2.13. The predicted octanol–water partition coefficient (Wildman–Crippen LogP) is 1.74. The van der Waals surface area contributed by atoms with Gasteiger partial charge in [0.1, 0.15) is 5.75 Å². The highest BCUT2D eigenvalue weighted by Gasteiger charge is 2.12. The van der Waals surface area contributed by atoms with E-state index in [0.29, 0.717) is 18.3 Å². The van der Waals surface area contributed by atoms with Gasteiger partial charge in [-0.2, -0.15) is 0 Å². The summed E-state index contributed by atoms with van der Waals surface area (Å²) in [5.74, 6) is -0.101. The molecule has 0 amide bonds. The van der Waals surface area contributed by atoms with Crippen LogP contribution in [0, 0.1) is 0 Å². The molecule has 0 saturated heterocycles. The number of rotatable bonds is 6. The van der Waals surface area contributed by atoms with Gasteiger partial charge in [-0.05, 0) is 18.1 Å². The molecule has 1 aromatic rings. The fourth-order valence-corrected chi connectivity index (χ4v) is 1.64. The molecule has 0 heterocycles. The molecule has 4 heteroatoms. The van der Waals surface area contributed by atoms with Gasteiger partial charge in [0.25, 0.3) is 0 Å². The Balaban J connectivity index is 2.84. The minimum atomic E-state index is -0.980. The molecule has 3 N–H and O–H groups in total. The highest BCUT2D eigenvalue weighted by molar-refractivity contribution is 5.85. The number of phenolic OH excluding ortho intramolecular Hbond substituents is 1. The second-order valence-electron chi connectivity index (χ2n) is 4.10. The highest BCUT2D eigenvalue weighted by atomic mass is 16.3. The molecule has 0 spiro atoms. The SMILES string of the molecule is CCCC(O)C(O)C=Cc1cccc(O)c1C=O. The summed E-state index contributed by atoms with van der Waals surface area (Å²) in [5, 5.41) is 28.7. The van der Waals surface area contributed by atoms with Gasteiger partial charge in [-0.1, -0.05) is 37.6 Å². The maximum Gasteiger partial charge on any atom is 0.154 e. The standard InChI is InChI=1S/C14H18O4/c1-2-4-13(17)14(18)8-7-10-5-3-6-12(16)11(10)9-15/h3,5-9,13-14,16-18H,2,4H2,1H3. The molecular formula is C14H18O4. The molecule has 4 nitrogen and oxygen atoms in total. The Labute approximate surface area is 106 Å². The molecule has 1 rings (SSSR count). The van der Waals surface area contributed by atoms with Crippen LogP contribution in [-0.4, -0.2) is 33.8 Å². The van der Waals surface area contributed by atoms with Gasteiger partial charge in [-0.15, -0.1) is 0 Å². The monoisotopic (exact) mass is 250 g/mol. The predicted molar refractivity (Wildman–Crippen MR) is 69.4 cm³/mol. The molecule has 0 aliphatic heterocycles. The topological polar surface area (TPSA) is 77.8 Å². The number of carbonyl (C=O) groups is 1. The van der Waals surface area contributed by atoms with Crippen molar-refractivity contribution in [1.82, 2.24) is 0 Å². The molecule has 18 heavy (non-hydrogen) atoms. The van der Waals surface area contributed by atoms with Crippen LogP contribution >= 0.6 is 0 Å². The summed E-state index contributed by atoms with van der Waals surface area (Å²) in [6, 6.07) is 4.68. The van der Waals surface area contributed by atoms with E-state index in [9.17, 15) is 20.1 Å². The van der Waals surface area contributed by atoms with Gasteiger partial charge in [0, 0.05) is 0 Å². The lowest BCUT2D eigenvalue weighted by Crippen LogP contribution is -2.23. The third-order valence-electron chi connectivity index (χ3n) is 2.69. The van der Waals surface area contributed by atoms with E-state index < -0.39 is 12.2 Å². The average molecular weight is 250 g/mol. The summed E-state index contributed by atoms with van der Waals surface area (Å²) in [6.45, 7) is 1.92. The number of hydrogen-bond acceptors (Lipinski definition) is 4. The zero-order chi connectivity index (χ0) is 13.5. The van der Waals surface area contributed by atoms with Gasteiger partial charge in [0.05, 0.1) is 17.8 Å². The lowest BCUT2D eigenvalue weighted by atomic mass is 10.0. The molecular weight excluding hydrogens is 232 g/mol. The summed E-state index contributed by atoms with van der Waals surface area (Å²) in [6.07, 6.45) is 2.98. The van der Waals surface area contributed by atoms with Gasteiger partial charge in [-0.3, -0.25) is 4.79 Å². The number of carbonyl (C=O) groups excluding carboxylic acids is 1.